The fourth-order valence-electron chi connectivity index (χ4n) is 1.44. The van der Waals surface area contributed by atoms with Gasteiger partial charge in [0.2, 0.25) is 0 Å². The predicted octanol–water partition coefficient (Wildman–Crippen LogP) is 2.59. The summed E-state index contributed by atoms with van der Waals surface area (Å²) in [5, 5.41) is 20.5. The first-order chi connectivity index (χ1) is 7.22. The second kappa shape index (κ2) is 3.71. The molecule has 1 aromatic heterocycles. The number of thiophene rings is 1. The molecule has 1 aromatic carbocycles. The van der Waals surface area contributed by atoms with Gasteiger partial charge in [-0.2, -0.15) is 5.26 Å². The maximum absolute atomic E-state index is 10.8. The van der Waals surface area contributed by atoms with Crippen molar-refractivity contribution in [2.24, 2.45) is 0 Å². The lowest BCUT2D eigenvalue weighted by atomic mass is 10.00. The maximum atomic E-state index is 10.8. The van der Waals surface area contributed by atoms with E-state index in [1.165, 1.54) is 0 Å². The zero-order valence-electron chi connectivity index (χ0n) is 7.68. The number of carbonyl (C=O) groups is 1. The Morgan fingerprint density at radius 3 is 2.93 bits per heavy atom. The molecule has 1 heterocycles. The normalized spacial score (nSPS) is 12.2. The average molecular weight is 217 g/mol. The van der Waals surface area contributed by atoms with Gasteiger partial charge in [0.15, 0.2) is 5.92 Å². The third-order valence-electron chi connectivity index (χ3n) is 2.19. The molecule has 15 heavy (non-hydrogen) atoms. The number of rotatable bonds is 2. The monoisotopic (exact) mass is 217 g/mol. The summed E-state index contributed by atoms with van der Waals surface area (Å²) < 4.78 is 1.10. The summed E-state index contributed by atoms with van der Waals surface area (Å²) in [6.07, 6.45) is 0. The summed E-state index contributed by atoms with van der Waals surface area (Å²) in [4.78, 5) is 10.8. The van der Waals surface area contributed by atoms with Crippen LogP contribution in [-0.2, 0) is 4.79 Å². The van der Waals surface area contributed by atoms with Gasteiger partial charge in [-0.15, -0.1) is 11.3 Å². The molecule has 3 nitrogen and oxygen atoms in total. The van der Waals surface area contributed by atoms with Crippen LogP contribution in [0.2, 0.25) is 0 Å². The molecule has 0 radical (unpaired) electrons. The van der Waals surface area contributed by atoms with Gasteiger partial charge in [0, 0.05) is 4.70 Å². The molecule has 0 saturated heterocycles. The Morgan fingerprint density at radius 2 is 2.27 bits per heavy atom. The van der Waals surface area contributed by atoms with E-state index in [1.54, 1.807) is 29.5 Å². The van der Waals surface area contributed by atoms with Gasteiger partial charge in [-0.3, -0.25) is 4.79 Å². The van der Waals surface area contributed by atoms with Crippen molar-refractivity contribution in [1.29, 1.82) is 5.26 Å². The Labute approximate surface area is 90.2 Å². The van der Waals surface area contributed by atoms with Crippen LogP contribution in [-0.4, -0.2) is 11.1 Å². The van der Waals surface area contributed by atoms with Crippen LogP contribution in [0, 0.1) is 11.3 Å². The Hall–Kier alpha value is -1.86. The van der Waals surface area contributed by atoms with Crippen LogP contribution >= 0.6 is 11.3 Å². The van der Waals surface area contributed by atoms with E-state index >= 15 is 0 Å². The lowest BCUT2D eigenvalue weighted by Crippen LogP contribution is -2.08. The molecular formula is C11H7NO2S. The Bertz CT molecular complexity index is 553. The lowest BCUT2D eigenvalue weighted by Gasteiger charge is -2.03. The third-order valence-corrected chi connectivity index (χ3v) is 3.08. The summed E-state index contributed by atoms with van der Waals surface area (Å²) in [5.41, 5.74) is 0.538. The molecule has 2 rings (SSSR count). The zero-order chi connectivity index (χ0) is 10.8. The van der Waals surface area contributed by atoms with Crippen molar-refractivity contribution >= 4 is 27.4 Å². The molecule has 0 spiro atoms. The zero-order valence-corrected chi connectivity index (χ0v) is 8.49. The number of nitriles is 1. The number of carboxylic acid groups (broad SMARTS) is 1. The van der Waals surface area contributed by atoms with E-state index in [0.717, 1.165) is 10.1 Å². The molecule has 0 saturated carbocycles. The summed E-state index contributed by atoms with van der Waals surface area (Å²) in [6, 6.07) is 9.00. The van der Waals surface area contributed by atoms with Gasteiger partial charge < -0.3 is 5.11 Å². The van der Waals surface area contributed by atoms with Crippen LogP contribution in [0.1, 0.15) is 11.5 Å². The standard InChI is InChI=1S/C11H7NO2S/c12-6-9(11(13)14)7-1-2-10-8(5-7)3-4-15-10/h1-5,9H,(H,13,14). The predicted molar refractivity (Wildman–Crippen MR) is 57.8 cm³/mol. The minimum absolute atomic E-state index is 0.538. The highest BCUT2D eigenvalue weighted by molar-refractivity contribution is 7.17. The van der Waals surface area contributed by atoms with E-state index in [0.29, 0.717) is 5.56 Å². The second-order valence-electron chi connectivity index (χ2n) is 3.12. The molecule has 0 aliphatic rings. The van der Waals surface area contributed by atoms with Crippen molar-refractivity contribution in [2.45, 2.75) is 5.92 Å². The van der Waals surface area contributed by atoms with E-state index in [4.69, 9.17) is 10.4 Å². The summed E-state index contributed by atoms with van der Waals surface area (Å²) in [6.45, 7) is 0. The van der Waals surface area contributed by atoms with Crippen LogP contribution in [0.15, 0.2) is 29.6 Å². The first-order valence-electron chi connectivity index (χ1n) is 4.32. The van der Waals surface area contributed by atoms with Gasteiger partial charge >= 0.3 is 5.97 Å². The van der Waals surface area contributed by atoms with E-state index in [-0.39, 0.29) is 0 Å². The molecule has 1 N–H and O–H groups in total. The van der Waals surface area contributed by atoms with Gasteiger partial charge in [0.1, 0.15) is 0 Å². The van der Waals surface area contributed by atoms with Crippen molar-refractivity contribution in [1.82, 2.24) is 0 Å². The van der Waals surface area contributed by atoms with Crippen molar-refractivity contribution < 1.29 is 9.90 Å². The summed E-state index contributed by atoms with van der Waals surface area (Å²) >= 11 is 1.59. The van der Waals surface area contributed by atoms with Crippen molar-refractivity contribution in [3.05, 3.63) is 35.2 Å². The van der Waals surface area contributed by atoms with Crippen LogP contribution in [0.4, 0.5) is 0 Å². The number of benzene rings is 1. The minimum Gasteiger partial charge on any atom is -0.480 e. The fourth-order valence-corrected chi connectivity index (χ4v) is 2.21. The number of nitrogens with zero attached hydrogens (tertiary/aromatic N) is 1. The molecule has 74 valence electrons. The Balaban J connectivity index is 2.52. The molecule has 0 aliphatic carbocycles. The van der Waals surface area contributed by atoms with E-state index in [2.05, 4.69) is 0 Å². The van der Waals surface area contributed by atoms with E-state index < -0.39 is 11.9 Å². The fraction of sp³-hybridized carbons (Fsp3) is 0.0909. The highest BCUT2D eigenvalue weighted by Crippen LogP contribution is 2.25. The molecule has 1 unspecified atom stereocenters. The smallest absolute Gasteiger partial charge is 0.325 e. The molecule has 0 bridgehead atoms. The van der Waals surface area contributed by atoms with Gasteiger partial charge in [0.05, 0.1) is 6.07 Å². The lowest BCUT2D eigenvalue weighted by molar-refractivity contribution is -0.137. The van der Waals surface area contributed by atoms with Gasteiger partial charge in [-0.05, 0) is 34.5 Å². The van der Waals surface area contributed by atoms with Gasteiger partial charge in [-0.25, -0.2) is 0 Å². The molecule has 2 aromatic rings. The highest BCUT2D eigenvalue weighted by atomic mass is 32.1. The number of hydrogen-bond acceptors (Lipinski definition) is 3. The minimum atomic E-state index is -1.10. The van der Waals surface area contributed by atoms with Crippen molar-refractivity contribution in [3.63, 3.8) is 0 Å². The average Bonchev–Trinajstić information content (AvgIpc) is 2.65. The van der Waals surface area contributed by atoms with Crippen molar-refractivity contribution in [3.8, 4) is 6.07 Å². The second-order valence-corrected chi connectivity index (χ2v) is 4.07. The summed E-state index contributed by atoms with van der Waals surface area (Å²) in [5.74, 6) is -2.18. The quantitative estimate of drug-likeness (QED) is 0.841. The van der Waals surface area contributed by atoms with Gasteiger partial charge in [-0.1, -0.05) is 6.07 Å². The summed E-state index contributed by atoms with van der Waals surface area (Å²) in [7, 11) is 0. The molecular weight excluding hydrogens is 210 g/mol. The maximum Gasteiger partial charge on any atom is 0.325 e. The molecule has 0 fully saturated rings. The first-order valence-corrected chi connectivity index (χ1v) is 5.20. The first kappa shape index (κ1) is 9.69. The third kappa shape index (κ3) is 1.69. The molecule has 4 heteroatoms. The number of aliphatic carboxylic acids is 1. The Morgan fingerprint density at radius 1 is 1.47 bits per heavy atom. The SMILES string of the molecule is N#CC(C(=O)O)c1ccc2sccc2c1. The largest absolute Gasteiger partial charge is 0.480 e. The molecule has 1 atom stereocenters. The number of carboxylic acids is 1. The topological polar surface area (TPSA) is 61.1 Å². The van der Waals surface area contributed by atoms with Crippen LogP contribution in [0.3, 0.4) is 0 Å². The van der Waals surface area contributed by atoms with Crippen LogP contribution < -0.4 is 0 Å². The van der Waals surface area contributed by atoms with Crippen LogP contribution in [0.5, 0.6) is 0 Å². The van der Waals surface area contributed by atoms with E-state index in [1.807, 2.05) is 17.5 Å². The molecule has 0 aliphatic heterocycles. The number of hydrogen-bond donors (Lipinski definition) is 1. The molecule has 0 amide bonds. The highest BCUT2D eigenvalue weighted by Gasteiger charge is 2.19. The Kier molecular flexibility index (Phi) is 2.40. The number of fused-ring (bicyclic) bond motifs is 1. The van der Waals surface area contributed by atoms with E-state index in [9.17, 15) is 4.79 Å². The van der Waals surface area contributed by atoms with Gasteiger partial charge in [0.25, 0.3) is 0 Å². The van der Waals surface area contributed by atoms with Crippen molar-refractivity contribution in [2.75, 3.05) is 0 Å². The van der Waals surface area contributed by atoms with Crippen LogP contribution in [0.25, 0.3) is 10.1 Å².